The first kappa shape index (κ1) is 26.6. The number of methoxy groups -OCH3 is 1. The van der Waals surface area contributed by atoms with Crippen LogP contribution in [-0.4, -0.2) is 60.5 Å². The molecule has 1 aliphatic heterocycles. The number of aryl methyl sites for hydroxylation is 1. The molecule has 12 heteroatoms. The molecule has 1 heterocycles. The molecular formula is C25H27N3O7S2. The van der Waals surface area contributed by atoms with Gasteiger partial charge in [0.15, 0.2) is 0 Å². The lowest BCUT2D eigenvalue weighted by molar-refractivity contribution is 0.0730. The standard InChI is InChI=1S/C25H27N3O7S2/c1-18-8-10-21(37(32,33)28-12-14-35-15-13-28)17-22(18)27-36(30,31)24-16-19(9-11-23(24)34-2)25(29)26-20-6-4-3-5-7-20/h3-11,16-17,27H,12-15H2,1-2H3,(H,26,29). The molecular weight excluding hydrogens is 518 g/mol. The molecule has 0 radical (unpaired) electrons. The monoisotopic (exact) mass is 545 g/mol. The van der Waals surface area contributed by atoms with Crippen molar-refractivity contribution in [3.63, 3.8) is 0 Å². The number of nitrogens with one attached hydrogen (secondary N) is 2. The lowest BCUT2D eigenvalue weighted by Gasteiger charge is -2.26. The predicted molar refractivity (Wildman–Crippen MR) is 139 cm³/mol. The lowest BCUT2D eigenvalue weighted by Crippen LogP contribution is -2.40. The molecule has 0 aromatic heterocycles. The molecule has 196 valence electrons. The van der Waals surface area contributed by atoms with Crippen molar-refractivity contribution in [2.75, 3.05) is 43.5 Å². The van der Waals surface area contributed by atoms with Crippen LogP contribution in [0.15, 0.2) is 76.5 Å². The Morgan fingerprint density at radius 2 is 1.65 bits per heavy atom. The normalized spacial score (nSPS) is 14.6. The van der Waals surface area contributed by atoms with E-state index >= 15 is 0 Å². The summed E-state index contributed by atoms with van der Waals surface area (Å²) in [5.41, 5.74) is 1.27. The molecule has 3 aromatic carbocycles. The highest BCUT2D eigenvalue weighted by atomic mass is 32.2. The maximum atomic E-state index is 13.4. The number of anilines is 2. The van der Waals surface area contributed by atoms with E-state index in [1.807, 2.05) is 6.07 Å². The second-order valence-electron chi connectivity index (χ2n) is 8.28. The van der Waals surface area contributed by atoms with Crippen LogP contribution in [0.1, 0.15) is 15.9 Å². The topological polar surface area (TPSA) is 131 Å². The average molecular weight is 546 g/mol. The molecule has 0 aliphatic carbocycles. The first-order valence-corrected chi connectivity index (χ1v) is 14.3. The smallest absolute Gasteiger partial charge is 0.265 e. The summed E-state index contributed by atoms with van der Waals surface area (Å²) in [6.45, 7) is 2.67. The van der Waals surface area contributed by atoms with Gasteiger partial charge in [0, 0.05) is 24.3 Å². The number of benzene rings is 3. The first-order valence-electron chi connectivity index (χ1n) is 11.4. The third-order valence-electron chi connectivity index (χ3n) is 5.81. The number of amides is 1. The van der Waals surface area contributed by atoms with Crippen molar-refractivity contribution < 1.29 is 31.1 Å². The quantitative estimate of drug-likeness (QED) is 0.445. The first-order chi connectivity index (χ1) is 17.6. The fourth-order valence-corrected chi connectivity index (χ4v) is 6.51. The molecule has 1 amide bonds. The molecule has 0 atom stereocenters. The van der Waals surface area contributed by atoms with E-state index in [1.54, 1.807) is 31.2 Å². The fourth-order valence-electron chi connectivity index (χ4n) is 3.76. The van der Waals surface area contributed by atoms with Gasteiger partial charge in [0.2, 0.25) is 10.0 Å². The van der Waals surface area contributed by atoms with Crippen LogP contribution >= 0.6 is 0 Å². The van der Waals surface area contributed by atoms with Crippen LogP contribution in [0.5, 0.6) is 5.75 Å². The summed E-state index contributed by atoms with van der Waals surface area (Å²) in [5, 5.41) is 2.71. The van der Waals surface area contributed by atoms with E-state index < -0.39 is 26.0 Å². The Labute approximate surface area is 216 Å². The van der Waals surface area contributed by atoms with Gasteiger partial charge in [-0.3, -0.25) is 9.52 Å². The Balaban J connectivity index is 1.65. The predicted octanol–water partition coefficient (Wildman–Crippen LogP) is 3.08. The molecule has 2 N–H and O–H groups in total. The van der Waals surface area contributed by atoms with Gasteiger partial charge < -0.3 is 14.8 Å². The number of morpholine rings is 1. The van der Waals surface area contributed by atoms with Gasteiger partial charge in [-0.15, -0.1) is 0 Å². The van der Waals surface area contributed by atoms with Crippen LogP contribution < -0.4 is 14.8 Å². The number of para-hydroxylation sites is 1. The Morgan fingerprint density at radius 3 is 2.32 bits per heavy atom. The number of rotatable bonds is 8. The molecule has 0 bridgehead atoms. The van der Waals surface area contributed by atoms with Crippen molar-refractivity contribution in [1.82, 2.24) is 4.31 Å². The van der Waals surface area contributed by atoms with Crippen molar-refractivity contribution >= 4 is 37.3 Å². The van der Waals surface area contributed by atoms with Crippen LogP contribution in [0.4, 0.5) is 11.4 Å². The van der Waals surface area contributed by atoms with Gasteiger partial charge in [0.1, 0.15) is 10.6 Å². The van der Waals surface area contributed by atoms with Gasteiger partial charge >= 0.3 is 0 Å². The molecule has 0 unspecified atom stereocenters. The summed E-state index contributed by atoms with van der Waals surface area (Å²) in [6.07, 6.45) is 0. The Morgan fingerprint density at radius 1 is 0.946 bits per heavy atom. The fraction of sp³-hybridized carbons (Fsp3) is 0.240. The molecule has 1 fully saturated rings. The minimum Gasteiger partial charge on any atom is -0.495 e. The van der Waals surface area contributed by atoms with E-state index in [-0.39, 0.29) is 39.9 Å². The number of carbonyl (C=O) groups excluding carboxylic acids is 1. The van der Waals surface area contributed by atoms with Crippen molar-refractivity contribution in [3.8, 4) is 5.75 Å². The average Bonchev–Trinajstić information content (AvgIpc) is 2.90. The molecule has 0 spiro atoms. The second-order valence-corrected chi connectivity index (χ2v) is 11.9. The van der Waals surface area contributed by atoms with Crippen LogP contribution in [0, 0.1) is 6.92 Å². The van der Waals surface area contributed by atoms with Crippen molar-refractivity contribution in [2.45, 2.75) is 16.7 Å². The zero-order valence-electron chi connectivity index (χ0n) is 20.3. The molecule has 1 aliphatic rings. The van der Waals surface area contributed by atoms with Gasteiger partial charge in [0.05, 0.1) is 30.9 Å². The maximum absolute atomic E-state index is 13.4. The number of sulfonamides is 2. The largest absolute Gasteiger partial charge is 0.495 e. The highest BCUT2D eigenvalue weighted by Gasteiger charge is 2.28. The zero-order valence-corrected chi connectivity index (χ0v) is 21.9. The van der Waals surface area contributed by atoms with Gasteiger partial charge in [-0.05, 0) is 55.0 Å². The number of carbonyl (C=O) groups is 1. The number of hydrogen-bond donors (Lipinski definition) is 2. The van der Waals surface area contributed by atoms with E-state index in [0.29, 0.717) is 24.5 Å². The van der Waals surface area contributed by atoms with Crippen LogP contribution in [0.2, 0.25) is 0 Å². The number of hydrogen-bond acceptors (Lipinski definition) is 7. The summed E-state index contributed by atoms with van der Waals surface area (Å²) < 4.78 is 67.3. The summed E-state index contributed by atoms with van der Waals surface area (Å²) in [5.74, 6) is -0.474. The Hall–Kier alpha value is -3.45. The minimum absolute atomic E-state index is 0.0264. The van der Waals surface area contributed by atoms with E-state index in [9.17, 15) is 21.6 Å². The van der Waals surface area contributed by atoms with Crippen LogP contribution in [-0.2, 0) is 24.8 Å². The van der Waals surface area contributed by atoms with Gasteiger partial charge in [-0.1, -0.05) is 24.3 Å². The molecule has 3 aromatic rings. The maximum Gasteiger partial charge on any atom is 0.265 e. The van der Waals surface area contributed by atoms with E-state index in [2.05, 4.69) is 10.0 Å². The molecule has 0 saturated carbocycles. The van der Waals surface area contributed by atoms with Crippen molar-refractivity contribution in [2.24, 2.45) is 0 Å². The summed E-state index contributed by atoms with van der Waals surface area (Å²) in [6, 6.07) is 17.1. The van der Waals surface area contributed by atoms with E-state index in [4.69, 9.17) is 9.47 Å². The third kappa shape index (κ3) is 5.93. The molecule has 4 rings (SSSR count). The Kier molecular flexibility index (Phi) is 7.83. The summed E-state index contributed by atoms with van der Waals surface area (Å²) in [7, 11) is -6.80. The molecule has 37 heavy (non-hydrogen) atoms. The van der Waals surface area contributed by atoms with Gasteiger partial charge in [0.25, 0.3) is 15.9 Å². The van der Waals surface area contributed by atoms with Crippen LogP contribution in [0.25, 0.3) is 0 Å². The second kappa shape index (κ2) is 10.9. The lowest BCUT2D eigenvalue weighted by atomic mass is 10.2. The zero-order chi connectivity index (χ0) is 26.6. The van der Waals surface area contributed by atoms with Gasteiger partial charge in [-0.2, -0.15) is 4.31 Å². The third-order valence-corrected chi connectivity index (χ3v) is 9.09. The minimum atomic E-state index is -4.28. The van der Waals surface area contributed by atoms with Crippen LogP contribution in [0.3, 0.4) is 0 Å². The number of nitrogens with zero attached hydrogens (tertiary/aromatic N) is 1. The highest BCUT2D eigenvalue weighted by Crippen LogP contribution is 2.30. The number of ether oxygens (including phenoxy) is 2. The summed E-state index contributed by atoms with van der Waals surface area (Å²) in [4.78, 5) is 12.5. The van der Waals surface area contributed by atoms with Crippen molar-refractivity contribution in [3.05, 3.63) is 77.9 Å². The highest BCUT2D eigenvalue weighted by molar-refractivity contribution is 7.92. The summed E-state index contributed by atoms with van der Waals surface area (Å²) >= 11 is 0. The molecule has 1 saturated heterocycles. The van der Waals surface area contributed by atoms with E-state index in [1.165, 1.54) is 47.8 Å². The van der Waals surface area contributed by atoms with E-state index in [0.717, 1.165) is 0 Å². The molecule has 10 nitrogen and oxygen atoms in total. The van der Waals surface area contributed by atoms with Crippen molar-refractivity contribution in [1.29, 1.82) is 0 Å². The Bertz CT molecular complexity index is 1500. The SMILES string of the molecule is COc1ccc(C(=O)Nc2ccccc2)cc1S(=O)(=O)Nc1cc(S(=O)(=O)N2CCOCC2)ccc1C. The van der Waals surface area contributed by atoms with Gasteiger partial charge in [-0.25, -0.2) is 16.8 Å².